The molecule has 0 bridgehead atoms. The van der Waals surface area contributed by atoms with Gasteiger partial charge < -0.3 is 10.2 Å². The minimum Gasteiger partial charge on any atom is -0.873 e. The Bertz CT molecular complexity index is 1830. The van der Waals surface area contributed by atoms with Crippen molar-refractivity contribution in [2.45, 2.75) is 318 Å². The molecule has 0 radical (unpaired) electrons. The van der Waals surface area contributed by atoms with E-state index in [4.69, 9.17) is 9.98 Å². The van der Waals surface area contributed by atoms with Crippen molar-refractivity contribution in [3.63, 3.8) is 0 Å². The van der Waals surface area contributed by atoms with Crippen LogP contribution in [0.25, 0.3) is 0 Å². The van der Waals surface area contributed by atoms with Crippen LogP contribution in [0.4, 0.5) is 11.4 Å². The summed E-state index contributed by atoms with van der Waals surface area (Å²) in [5.41, 5.74) is 11.2. The first-order chi connectivity index (χ1) is 35.8. The smallest absolute Gasteiger partial charge is 0.873 e. The first kappa shape index (κ1) is 69.1. The zero-order valence-corrected chi connectivity index (χ0v) is 50.4. The molecule has 0 atom stereocenters. The summed E-state index contributed by atoms with van der Waals surface area (Å²) in [6, 6.07) is 17.2. The number of aliphatic imine (C=N–C) groups is 2. The van der Waals surface area contributed by atoms with Gasteiger partial charge in [0.25, 0.3) is 0 Å². The summed E-state index contributed by atoms with van der Waals surface area (Å²) >= 11 is 0. The Morgan fingerprint density at radius 3 is 1.14 bits per heavy atom. The monoisotopic (exact) mass is 1060 g/mol. The number of nitrogens with zero attached hydrogens (tertiary/aromatic N) is 2. The van der Waals surface area contributed by atoms with Gasteiger partial charge in [-0.2, -0.15) is 0 Å². The number of hydrogen-bond donors (Lipinski definition) is 0. The normalized spacial score (nSPS) is 11.6. The Labute approximate surface area is 469 Å². The molecule has 3 aromatic carbocycles. The van der Waals surface area contributed by atoms with Gasteiger partial charge in [0.1, 0.15) is 0 Å². The van der Waals surface area contributed by atoms with E-state index < -0.39 is 0 Å². The van der Waals surface area contributed by atoms with Crippen LogP contribution < -0.4 is 10.2 Å². The van der Waals surface area contributed by atoms with E-state index in [2.05, 4.69) is 84.2 Å². The topological polar surface area (TPSA) is 70.8 Å². The minimum absolute atomic E-state index is 0. The van der Waals surface area contributed by atoms with E-state index >= 15 is 0 Å². The fourth-order valence-electron chi connectivity index (χ4n) is 10.3. The molecule has 0 aliphatic heterocycles. The summed E-state index contributed by atoms with van der Waals surface area (Å²) in [5, 5.41) is 22.9. The molecule has 3 aromatic rings. The van der Waals surface area contributed by atoms with Crippen LogP contribution >= 0.6 is 0 Å². The van der Waals surface area contributed by atoms with E-state index in [0.717, 1.165) is 79.6 Å². The first-order valence-corrected chi connectivity index (χ1v) is 31.7. The van der Waals surface area contributed by atoms with Crippen LogP contribution in [0.15, 0.2) is 58.5 Å². The number of benzene rings is 3. The fraction of sp³-hybridized carbons (Fsp3) is 0.710. The maximum absolute atomic E-state index is 11.6. The number of aryl methyl sites for hydroxylation is 5. The zero-order valence-electron chi connectivity index (χ0n) is 49.4. The molecule has 0 aliphatic rings. The molecule has 4 nitrogen and oxygen atoms in total. The van der Waals surface area contributed by atoms with Crippen LogP contribution in [0.5, 0.6) is 11.5 Å². The second kappa shape index (κ2) is 48.5. The molecule has 422 valence electrons. The van der Waals surface area contributed by atoms with E-state index in [1.165, 1.54) is 247 Å². The molecule has 0 unspecified atom stereocenters. The molecule has 0 fully saturated rings. The third-order valence-corrected chi connectivity index (χ3v) is 15.2. The van der Waals surface area contributed by atoms with Gasteiger partial charge in [0.15, 0.2) is 0 Å². The molecule has 74 heavy (non-hydrogen) atoms. The molecule has 0 aliphatic carbocycles. The summed E-state index contributed by atoms with van der Waals surface area (Å²) < 4.78 is 0. The Balaban J connectivity index is 0.00000146. The van der Waals surface area contributed by atoms with Gasteiger partial charge in [-0.15, -0.1) is 11.5 Å². The van der Waals surface area contributed by atoms with Gasteiger partial charge in [-0.3, -0.25) is 9.98 Å². The van der Waals surface area contributed by atoms with Gasteiger partial charge in [0.2, 0.25) is 0 Å². The zero-order chi connectivity index (χ0) is 52.8. The second-order valence-electron chi connectivity index (χ2n) is 21.9. The van der Waals surface area contributed by atoms with Crippen molar-refractivity contribution in [1.82, 2.24) is 0 Å². The average molecular weight is 1060 g/mol. The number of hydrogen-bond acceptors (Lipinski definition) is 4. The Morgan fingerprint density at radius 2 is 0.716 bits per heavy atom. The van der Waals surface area contributed by atoms with Gasteiger partial charge in [-0.25, -0.2) is 0 Å². The van der Waals surface area contributed by atoms with Crippen LogP contribution in [0.1, 0.15) is 313 Å². The van der Waals surface area contributed by atoms with Crippen molar-refractivity contribution in [2.75, 3.05) is 0 Å². The quantitative estimate of drug-likeness (QED) is 0.0321. The molecular weight excluding hydrogens is 947 g/mol. The summed E-state index contributed by atoms with van der Waals surface area (Å²) in [4.78, 5) is 10.4. The van der Waals surface area contributed by atoms with Crippen molar-refractivity contribution >= 4 is 23.3 Å². The second-order valence-corrected chi connectivity index (χ2v) is 21.9. The Hall–Kier alpha value is -2.91. The summed E-state index contributed by atoms with van der Waals surface area (Å²) in [6.07, 6.45) is 56.8. The van der Waals surface area contributed by atoms with E-state index in [1.807, 2.05) is 6.92 Å². The van der Waals surface area contributed by atoms with Crippen molar-refractivity contribution in [3.05, 3.63) is 81.9 Å². The molecule has 0 saturated carbocycles. The van der Waals surface area contributed by atoms with E-state index in [1.54, 1.807) is 6.07 Å². The molecule has 0 spiro atoms. The molecule has 0 saturated heterocycles. The molecule has 0 heterocycles. The van der Waals surface area contributed by atoms with Gasteiger partial charge in [0, 0.05) is 6.21 Å². The summed E-state index contributed by atoms with van der Waals surface area (Å²) in [7, 11) is 0. The fourth-order valence-corrected chi connectivity index (χ4v) is 10.3. The molecule has 5 heteroatoms. The van der Waals surface area contributed by atoms with Crippen molar-refractivity contribution in [2.24, 2.45) is 9.98 Å². The maximum atomic E-state index is 11.6. The van der Waals surface area contributed by atoms with Gasteiger partial charge in [-0.05, 0) is 136 Å². The van der Waals surface area contributed by atoms with Crippen LogP contribution in [0.2, 0.25) is 0 Å². The van der Waals surface area contributed by atoms with Crippen molar-refractivity contribution < 1.29 is 26.7 Å². The maximum Gasteiger partial charge on any atom is 2.00 e. The number of rotatable bonds is 45. The Kier molecular flexibility index (Phi) is 45.3. The van der Waals surface area contributed by atoms with Crippen molar-refractivity contribution in [3.8, 4) is 11.5 Å². The summed E-state index contributed by atoms with van der Waals surface area (Å²) in [6.45, 7) is 15.6. The van der Waals surface area contributed by atoms with Crippen LogP contribution in [0.3, 0.4) is 0 Å². The number of unbranched alkanes of at least 4 members (excludes halogenated alkanes) is 29. The predicted octanol–water partition coefficient (Wildman–Crippen LogP) is 21.4. The van der Waals surface area contributed by atoms with Gasteiger partial charge in [0.05, 0.1) is 17.1 Å². The molecular formula is C69H114N2NiO2. The third kappa shape index (κ3) is 33.3. The van der Waals surface area contributed by atoms with Crippen molar-refractivity contribution in [1.29, 1.82) is 0 Å². The summed E-state index contributed by atoms with van der Waals surface area (Å²) in [5.74, 6) is -0.649. The van der Waals surface area contributed by atoms with E-state index in [-0.39, 0.29) is 28.0 Å². The largest absolute Gasteiger partial charge is 2.00 e. The molecule has 0 aromatic heterocycles. The first-order valence-electron chi connectivity index (χ1n) is 31.7. The predicted molar refractivity (Wildman–Crippen MR) is 322 cm³/mol. The average Bonchev–Trinajstić information content (AvgIpc) is 3.40. The van der Waals surface area contributed by atoms with E-state index in [9.17, 15) is 10.2 Å². The van der Waals surface area contributed by atoms with E-state index in [0.29, 0.717) is 0 Å². The van der Waals surface area contributed by atoms with Gasteiger partial charge in [-0.1, -0.05) is 264 Å². The molecule has 0 N–H and O–H groups in total. The SMILES string of the molecule is CCCCCCCCCCCCCCCCCCCCCCCCCCC(C=Nc1ccc(CCCC)c(CCCC)c1)=Nc1ccc(CCCC)c(CCCC)c1.CCCCCc1c(CC)ccc([O-])c1[O-].[Ni+2]. The third-order valence-electron chi connectivity index (χ3n) is 15.2. The molecule has 0 amide bonds. The molecule has 3 rings (SSSR count). The van der Waals surface area contributed by atoms with Crippen LogP contribution in [-0.2, 0) is 55.0 Å². The van der Waals surface area contributed by atoms with Gasteiger partial charge >= 0.3 is 16.5 Å². The Morgan fingerprint density at radius 1 is 0.365 bits per heavy atom. The minimum atomic E-state index is -0.362. The van der Waals surface area contributed by atoms with Crippen LogP contribution in [0, 0.1) is 0 Å². The standard InChI is InChI=1S/C56H96N2.C13H20O2.Ni/c1-6-11-16-17-18-19-20-21-22-23-24-25-26-27-28-29-30-31-32-33-34-35-36-37-42-56(58-55-46-44-51(39-13-8-3)53(48-55)41-15-10-5)49-57-54-45-43-50(38-12-7-2)52(47-54)40-14-9-4;1-3-5-6-7-11-10(4-2)8-9-12(14)13(11)15;/h43-49H,6-42H2,1-5H3;8-9,14-15H,3-7H2,1-2H3;/q;;+2/p-2. The van der Waals surface area contributed by atoms with Crippen LogP contribution in [-0.4, -0.2) is 11.9 Å².